The number of nitrogen functional groups attached to an aromatic ring is 1. The molecular weight excluding hydrogens is 310 g/mol. The van der Waals surface area contributed by atoms with E-state index in [9.17, 15) is 0 Å². The van der Waals surface area contributed by atoms with Crippen molar-refractivity contribution in [2.45, 2.75) is 0 Å². The topological polar surface area (TPSA) is 80.5 Å². The van der Waals surface area contributed by atoms with Crippen molar-refractivity contribution in [3.63, 3.8) is 0 Å². The second-order valence-electron chi connectivity index (χ2n) is 5.17. The van der Waals surface area contributed by atoms with Gasteiger partial charge in [-0.1, -0.05) is 23.7 Å². The Morgan fingerprint density at radius 3 is 2.43 bits per heavy atom. The summed E-state index contributed by atoms with van der Waals surface area (Å²) in [6.07, 6.45) is 6.68. The van der Waals surface area contributed by atoms with Crippen LogP contribution in [-0.4, -0.2) is 19.9 Å². The monoisotopic (exact) mass is 321 g/mol. The van der Waals surface area contributed by atoms with Gasteiger partial charge < -0.3 is 10.7 Å². The van der Waals surface area contributed by atoms with Gasteiger partial charge in [0, 0.05) is 40.8 Å². The lowest BCUT2D eigenvalue weighted by molar-refractivity contribution is 1.17. The number of nitrogens with zero attached hydrogens (tertiary/aromatic N) is 3. The molecule has 0 atom stereocenters. The van der Waals surface area contributed by atoms with Crippen LogP contribution < -0.4 is 5.73 Å². The average Bonchev–Trinajstić information content (AvgIpc) is 2.95. The van der Waals surface area contributed by atoms with Gasteiger partial charge in [-0.15, -0.1) is 0 Å². The summed E-state index contributed by atoms with van der Waals surface area (Å²) in [5, 5.41) is 1.51. The Labute approximate surface area is 137 Å². The Morgan fingerprint density at radius 1 is 0.957 bits per heavy atom. The summed E-state index contributed by atoms with van der Waals surface area (Å²) in [6.45, 7) is 0. The summed E-state index contributed by atoms with van der Waals surface area (Å²) in [5.41, 5.74) is 11.1. The van der Waals surface area contributed by atoms with E-state index in [-0.39, 0.29) is 0 Å². The van der Waals surface area contributed by atoms with Crippen molar-refractivity contribution in [2.24, 2.45) is 0 Å². The third-order valence-corrected chi connectivity index (χ3v) is 3.87. The maximum atomic E-state index is 6.13. The molecular formula is C17H12ClN5. The molecule has 23 heavy (non-hydrogen) atoms. The van der Waals surface area contributed by atoms with Crippen LogP contribution in [0.5, 0.6) is 0 Å². The molecule has 0 saturated heterocycles. The van der Waals surface area contributed by atoms with Gasteiger partial charge in [-0.3, -0.25) is 0 Å². The van der Waals surface area contributed by atoms with Crippen LogP contribution in [0.4, 0.5) is 5.69 Å². The summed E-state index contributed by atoms with van der Waals surface area (Å²) < 4.78 is 0. The van der Waals surface area contributed by atoms with Gasteiger partial charge in [0.05, 0.1) is 10.7 Å². The van der Waals surface area contributed by atoms with Crippen molar-refractivity contribution in [3.8, 4) is 22.4 Å². The lowest BCUT2D eigenvalue weighted by Crippen LogP contribution is -1.87. The van der Waals surface area contributed by atoms with Crippen LogP contribution in [-0.2, 0) is 0 Å². The molecule has 4 rings (SSSR count). The van der Waals surface area contributed by atoms with Gasteiger partial charge in [0.2, 0.25) is 0 Å². The number of benzene rings is 1. The third-order valence-electron chi connectivity index (χ3n) is 3.67. The predicted molar refractivity (Wildman–Crippen MR) is 92.0 cm³/mol. The lowest BCUT2D eigenvalue weighted by atomic mass is 10.0. The molecule has 4 aromatic rings. The van der Waals surface area contributed by atoms with Gasteiger partial charge in [-0.05, 0) is 23.8 Å². The Morgan fingerprint density at radius 2 is 1.70 bits per heavy atom. The van der Waals surface area contributed by atoms with E-state index in [2.05, 4.69) is 19.9 Å². The zero-order valence-electron chi connectivity index (χ0n) is 12.0. The number of aromatic nitrogens is 4. The first-order valence-electron chi connectivity index (χ1n) is 7.01. The Kier molecular flexibility index (Phi) is 3.20. The first-order valence-corrected chi connectivity index (χ1v) is 7.38. The molecule has 0 saturated carbocycles. The van der Waals surface area contributed by atoms with Crippen LogP contribution in [0.3, 0.4) is 0 Å². The minimum Gasteiger partial charge on any atom is -0.399 e. The molecule has 0 radical (unpaired) electrons. The molecule has 6 heteroatoms. The summed E-state index contributed by atoms with van der Waals surface area (Å²) in [6, 6.07) is 9.56. The van der Waals surface area contributed by atoms with Crippen molar-refractivity contribution in [1.29, 1.82) is 0 Å². The standard InChI is InChI=1S/C17H12ClN5/c18-12-5-14-15(11-6-20-9-21-7-11)16(23-17(14)22-8-12)10-1-3-13(19)4-2-10/h1-9H,19H2,(H,22,23). The van der Waals surface area contributed by atoms with Crippen LogP contribution in [0.2, 0.25) is 5.02 Å². The Bertz CT molecular complexity index is 977. The van der Waals surface area contributed by atoms with E-state index < -0.39 is 0 Å². The molecule has 0 spiro atoms. The minimum atomic E-state index is 0.582. The average molecular weight is 322 g/mol. The molecule has 3 N–H and O–H groups in total. The van der Waals surface area contributed by atoms with Crippen molar-refractivity contribution < 1.29 is 0 Å². The fourth-order valence-electron chi connectivity index (χ4n) is 2.64. The van der Waals surface area contributed by atoms with E-state index in [0.29, 0.717) is 5.02 Å². The lowest BCUT2D eigenvalue weighted by Gasteiger charge is -2.05. The third kappa shape index (κ3) is 2.41. The summed E-state index contributed by atoms with van der Waals surface area (Å²) in [7, 11) is 0. The van der Waals surface area contributed by atoms with E-state index >= 15 is 0 Å². The molecule has 0 aliphatic heterocycles. The number of rotatable bonds is 2. The second-order valence-corrected chi connectivity index (χ2v) is 5.61. The predicted octanol–water partition coefficient (Wildman–Crippen LogP) is 3.92. The zero-order valence-corrected chi connectivity index (χ0v) is 12.7. The molecule has 0 aliphatic rings. The highest BCUT2D eigenvalue weighted by Gasteiger charge is 2.16. The fraction of sp³-hybridized carbons (Fsp3) is 0. The number of anilines is 1. The quantitative estimate of drug-likeness (QED) is 0.548. The highest BCUT2D eigenvalue weighted by Crippen LogP contribution is 2.38. The maximum Gasteiger partial charge on any atom is 0.138 e. The molecule has 0 amide bonds. The smallest absolute Gasteiger partial charge is 0.138 e. The summed E-state index contributed by atoms with van der Waals surface area (Å²) in [4.78, 5) is 16.0. The van der Waals surface area contributed by atoms with Gasteiger partial charge >= 0.3 is 0 Å². The molecule has 0 fully saturated rings. The molecule has 0 unspecified atom stereocenters. The van der Waals surface area contributed by atoms with Gasteiger partial charge in [-0.2, -0.15) is 0 Å². The van der Waals surface area contributed by atoms with Crippen molar-refractivity contribution >= 4 is 28.3 Å². The Balaban J connectivity index is 2.05. The van der Waals surface area contributed by atoms with Crippen LogP contribution in [0, 0.1) is 0 Å². The van der Waals surface area contributed by atoms with E-state index in [1.54, 1.807) is 18.6 Å². The number of hydrogen-bond acceptors (Lipinski definition) is 4. The highest BCUT2D eigenvalue weighted by atomic mass is 35.5. The first-order chi connectivity index (χ1) is 11.2. The molecule has 112 valence electrons. The summed E-state index contributed by atoms with van der Waals surface area (Å²) in [5.74, 6) is 0. The van der Waals surface area contributed by atoms with Crippen LogP contribution in [0.25, 0.3) is 33.4 Å². The van der Waals surface area contributed by atoms with Gasteiger partial charge in [0.25, 0.3) is 0 Å². The van der Waals surface area contributed by atoms with Crippen LogP contribution in [0.15, 0.2) is 55.2 Å². The normalized spacial score (nSPS) is 11.0. The maximum absolute atomic E-state index is 6.13. The van der Waals surface area contributed by atoms with Gasteiger partial charge in [0.15, 0.2) is 0 Å². The van der Waals surface area contributed by atoms with Crippen LogP contribution in [0.1, 0.15) is 0 Å². The van der Waals surface area contributed by atoms with E-state index in [4.69, 9.17) is 17.3 Å². The molecule has 3 aromatic heterocycles. The number of halogens is 1. The number of nitrogens with two attached hydrogens (primary N) is 1. The highest BCUT2D eigenvalue weighted by molar-refractivity contribution is 6.31. The molecule has 3 heterocycles. The van der Waals surface area contributed by atoms with E-state index in [1.807, 2.05) is 30.3 Å². The fourth-order valence-corrected chi connectivity index (χ4v) is 2.80. The number of H-pyrrole nitrogens is 1. The molecule has 5 nitrogen and oxygen atoms in total. The van der Waals surface area contributed by atoms with Gasteiger partial charge in [0.1, 0.15) is 12.0 Å². The van der Waals surface area contributed by atoms with E-state index in [1.165, 1.54) is 6.33 Å². The van der Waals surface area contributed by atoms with Crippen molar-refractivity contribution in [1.82, 2.24) is 19.9 Å². The number of pyridine rings is 1. The number of fused-ring (bicyclic) bond motifs is 1. The molecule has 0 bridgehead atoms. The summed E-state index contributed by atoms with van der Waals surface area (Å²) >= 11 is 6.13. The minimum absolute atomic E-state index is 0.582. The Hall–Kier alpha value is -2.92. The number of nitrogens with one attached hydrogen (secondary N) is 1. The van der Waals surface area contributed by atoms with Gasteiger partial charge in [-0.25, -0.2) is 15.0 Å². The zero-order chi connectivity index (χ0) is 15.8. The van der Waals surface area contributed by atoms with Crippen molar-refractivity contribution in [2.75, 3.05) is 5.73 Å². The van der Waals surface area contributed by atoms with Crippen LogP contribution >= 0.6 is 11.6 Å². The number of aromatic amines is 1. The molecule has 1 aromatic carbocycles. The number of hydrogen-bond donors (Lipinski definition) is 2. The largest absolute Gasteiger partial charge is 0.399 e. The van der Waals surface area contributed by atoms with Crippen molar-refractivity contribution in [3.05, 3.63) is 60.3 Å². The molecule has 0 aliphatic carbocycles. The SMILES string of the molecule is Nc1ccc(-c2[nH]c3ncc(Cl)cc3c2-c2cncnc2)cc1. The second kappa shape index (κ2) is 5.37. The van der Waals surface area contributed by atoms with E-state index in [0.717, 1.165) is 39.1 Å². The first kappa shape index (κ1) is 13.7.